The molecule has 0 aliphatic rings. The molecule has 2 aromatic heterocycles. The van der Waals surface area contributed by atoms with Gasteiger partial charge in [0.1, 0.15) is 11.8 Å². The number of nitrogens with one attached hydrogen (secondary N) is 1. The van der Waals surface area contributed by atoms with Gasteiger partial charge in [-0.05, 0) is 17.7 Å². The lowest BCUT2D eigenvalue weighted by molar-refractivity contribution is 0.101. The number of rotatable bonds is 6. The Kier molecular flexibility index (Phi) is 5.37. The minimum atomic E-state index is -0.403. The first kappa shape index (κ1) is 17.5. The van der Waals surface area contributed by atoms with Crippen molar-refractivity contribution in [2.75, 3.05) is 12.4 Å². The van der Waals surface area contributed by atoms with Crippen LogP contribution < -0.4 is 5.32 Å². The molecule has 0 radical (unpaired) electrons. The number of aromatic nitrogens is 4. The van der Waals surface area contributed by atoms with Gasteiger partial charge in [0.25, 0.3) is 5.91 Å². The third kappa shape index (κ3) is 4.19. The van der Waals surface area contributed by atoms with Crippen molar-refractivity contribution in [3.8, 4) is 0 Å². The molecule has 2 heterocycles. The fourth-order valence-corrected chi connectivity index (χ4v) is 2.62. The molecule has 3 rings (SSSR count). The molecular formula is C16H15Cl2N5O2. The number of methoxy groups -OCH3 is 1. The molecule has 0 saturated heterocycles. The molecule has 130 valence electrons. The summed E-state index contributed by atoms with van der Waals surface area (Å²) in [4.78, 5) is 12.2. The Bertz CT molecular complexity index is 890. The maximum absolute atomic E-state index is 12.2. The van der Waals surface area contributed by atoms with Gasteiger partial charge in [-0.2, -0.15) is 10.2 Å². The number of halogens is 2. The lowest BCUT2D eigenvalue weighted by Gasteiger charge is -2.04. The van der Waals surface area contributed by atoms with Gasteiger partial charge in [-0.3, -0.25) is 9.48 Å². The van der Waals surface area contributed by atoms with Crippen LogP contribution in [0.25, 0.3) is 0 Å². The first-order valence-electron chi connectivity index (χ1n) is 7.37. The number of benzene rings is 1. The van der Waals surface area contributed by atoms with Crippen molar-refractivity contribution in [1.29, 1.82) is 0 Å². The molecule has 1 aromatic carbocycles. The molecule has 0 aliphatic heterocycles. The van der Waals surface area contributed by atoms with E-state index in [0.29, 0.717) is 16.6 Å². The molecule has 3 aromatic rings. The monoisotopic (exact) mass is 379 g/mol. The van der Waals surface area contributed by atoms with E-state index in [1.54, 1.807) is 36.3 Å². The molecular weight excluding hydrogens is 365 g/mol. The highest BCUT2D eigenvalue weighted by molar-refractivity contribution is 6.33. The number of hydrogen-bond donors (Lipinski definition) is 1. The van der Waals surface area contributed by atoms with Gasteiger partial charge in [0, 0.05) is 24.5 Å². The minimum Gasteiger partial charge on any atom is -0.362 e. The number of carbonyl (C=O) groups excluding carboxylic acids is 1. The summed E-state index contributed by atoms with van der Waals surface area (Å²) < 4.78 is 8.07. The Morgan fingerprint density at radius 3 is 2.72 bits per heavy atom. The summed E-state index contributed by atoms with van der Waals surface area (Å²) in [6.07, 6.45) is 3.28. The van der Waals surface area contributed by atoms with E-state index >= 15 is 0 Å². The largest absolute Gasteiger partial charge is 0.362 e. The maximum atomic E-state index is 12.2. The zero-order chi connectivity index (χ0) is 17.8. The molecule has 0 spiro atoms. The average Bonchev–Trinajstić information content (AvgIpc) is 3.17. The molecule has 1 amide bonds. The van der Waals surface area contributed by atoms with Crippen molar-refractivity contribution in [3.05, 3.63) is 64.0 Å². The van der Waals surface area contributed by atoms with E-state index < -0.39 is 5.91 Å². The second kappa shape index (κ2) is 7.69. The average molecular weight is 380 g/mol. The van der Waals surface area contributed by atoms with Crippen LogP contribution >= 0.6 is 23.2 Å². The van der Waals surface area contributed by atoms with Gasteiger partial charge in [-0.1, -0.05) is 41.4 Å². The summed E-state index contributed by atoms with van der Waals surface area (Å²) in [5.41, 5.74) is 1.15. The van der Waals surface area contributed by atoms with Gasteiger partial charge in [0.05, 0.1) is 6.54 Å². The molecule has 9 heteroatoms. The SMILES string of the molecule is COCn1ccc(C(=O)Nc2nn(Cc3ccccc3Cl)cc2Cl)n1. The lowest BCUT2D eigenvalue weighted by Crippen LogP contribution is -2.14. The number of anilines is 1. The van der Waals surface area contributed by atoms with Crippen molar-refractivity contribution < 1.29 is 9.53 Å². The predicted octanol–water partition coefficient (Wildman–Crippen LogP) is 3.29. The van der Waals surface area contributed by atoms with Crippen LogP contribution in [0.1, 0.15) is 16.1 Å². The number of hydrogen-bond acceptors (Lipinski definition) is 4. The lowest BCUT2D eigenvalue weighted by atomic mass is 10.2. The zero-order valence-electron chi connectivity index (χ0n) is 13.3. The summed E-state index contributed by atoms with van der Waals surface area (Å²) in [7, 11) is 1.55. The third-order valence-corrected chi connectivity index (χ3v) is 4.02. The molecule has 1 N–H and O–H groups in total. The molecule has 0 aliphatic carbocycles. The van der Waals surface area contributed by atoms with Gasteiger partial charge in [-0.15, -0.1) is 0 Å². The van der Waals surface area contributed by atoms with Crippen LogP contribution in [-0.4, -0.2) is 32.6 Å². The van der Waals surface area contributed by atoms with Gasteiger partial charge >= 0.3 is 0 Å². The van der Waals surface area contributed by atoms with E-state index in [4.69, 9.17) is 27.9 Å². The first-order chi connectivity index (χ1) is 12.1. The summed E-state index contributed by atoms with van der Waals surface area (Å²) in [5.74, 6) is -0.139. The Morgan fingerprint density at radius 1 is 1.16 bits per heavy atom. The van der Waals surface area contributed by atoms with Crippen molar-refractivity contribution >= 4 is 34.9 Å². The van der Waals surface area contributed by atoms with Crippen LogP contribution in [0.2, 0.25) is 10.0 Å². The minimum absolute atomic E-state index is 0.244. The first-order valence-corrected chi connectivity index (χ1v) is 8.12. The predicted molar refractivity (Wildman–Crippen MR) is 95.0 cm³/mol. The highest BCUT2D eigenvalue weighted by Gasteiger charge is 2.15. The topological polar surface area (TPSA) is 74.0 Å². The fraction of sp³-hybridized carbons (Fsp3) is 0.188. The Morgan fingerprint density at radius 2 is 1.96 bits per heavy atom. The standard InChI is InChI=1S/C16H15Cl2N5O2/c1-25-10-22-7-6-14(20-22)16(24)19-15-13(18)9-23(21-15)8-11-4-2-3-5-12(11)17/h2-7,9H,8,10H2,1H3,(H,19,21,24). The Hall–Kier alpha value is -2.35. The number of nitrogens with zero attached hydrogens (tertiary/aromatic N) is 4. The molecule has 7 nitrogen and oxygen atoms in total. The summed E-state index contributed by atoms with van der Waals surface area (Å²) >= 11 is 12.3. The van der Waals surface area contributed by atoms with Crippen LogP contribution in [0.5, 0.6) is 0 Å². The van der Waals surface area contributed by atoms with Crippen LogP contribution in [-0.2, 0) is 18.0 Å². The quantitative estimate of drug-likeness (QED) is 0.712. The summed E-state index contributed by atoms with van der Waals surface area (Å²) in [5, 5.41) is 12.0. The van der Waals surface area contributed by atoms with Crippen molar-refractivity contribution in [3.63, 3.8) is 0 Å². The number of amides is 1. The van der Waals surface area contributed by atoms with Crippen molar-refractivity contribution in [1.82, 2.24) is 19.6 Å². The zero-order valence-corrected chi connectivity index (χ0v) is 14.8. The second-order valence-corrected chi connectivity index (χ2v) is 6.04. The Labute approximate surface area is 154 Å². The molecule has 0 saturated carbocycles. The van der Waals surface area contributed by atoms with E-state index in [2.05, 4.69) is 15.5 Å². The van der Waals surface area contributed by atoms with Crippen molar-refractivity contribution in [2.45, 2.75) is 13.3 Å². The van der Waals surface area contributed by atoms with E-state index in [1.807, 2.05) is 18.2 Å². The smallest absolute Gasteiger partial charge is 0.277 e. The van der Waals surface area contributed by atoms with Gasteiger partial charge in [0.15, 0.2) is 11.5 Å². The van der Waals surface area contributed by atoms with E-state index in [1.165, 1.54) is 4.68 Å². The van der Waals surface area contributed by atoms with E-state index in [0.717, 1.165) is 5.56 Å². The van der Waals surface area contributed by atoms with Crippen LogP contribution in [0.3, 0.4) is 0 Å². The van der Waals surface area contributed by atoms with Crippen molar-refractivity contribution in [2.24, 2.45) is 0 Å². The second-order valence-electron chi connectivity index (χ2n) is 5.23. The summed E-state index contributed by atoms with van der Waals surface area (Å²) in [6.45, 7) is 0.707. The summed E-state index contributed by atoms with van der Waals surface area (Å²) in [6, 6.07) is 9.05. The van der Waals surface area contributed by atoms with Crippen LogP contribution in [0, 0.1) is 0 Å². The van der Waals surface area contributed by atoms with Crippen LogP contribution in [0.15, 0.2) is 42.7 Å². The van der Waals surface area contributed by atoms with Gasteiger partial charge in [-0.25, -0.2) is 4.68 Å². The van der Waals surface area contributed by atoms with E-state index in [9.17, 15) is 4.79 Å². The molecule has 0 fully saturated rings. The highest BCUT2D eigenvalue weighted by atomic mass is 35.5. The third-order valence-electron chi connectivity index (χ3n) is 3.37. The van der Waals surface area contributed by atoms with E-state index in [-0.39, 0.29) is 18.2 Å². The van der Waals surface area contributed by atoms with Gasteiger partial charge < -0.3 is 10.1 Å². The van der Waals surface area contributed by atoms with Crippen LogP contribution in [0.4, 0.5) is 5.82 Å². The van der Waals surface area contributed by atoms with Gasteiger partial charge in [0.2, 0.25) is 0 Å². The normalized spacial score (nSPS) is 10.8. The number of carbonyl (C=O) groups is 1. The fourth-order valence-electron chi connectivity index (χ4n) is 2.22. The highest BCUT2D eigenvalue weighted by Crippen LogP contribution is 2.22. The molecule has 25 heavy (non-hydrogen) atoms. The Balaban J connectivity index is 1.71. The maximum Gasteiger partial charge on any atom is 0.277 e. The number of ether oxygens (including phenoxy) is 1. The molecule has 0 atom stereocenters. The molecule has 0 bridgehead atoms. The molecule has 0 unspecified atom stereocenters.